The van der Waals surface area contributed by atoms with E-state index in [-0.39, 0.29) is 40.5 Å². The van der Waals surface area contributed by atoms with E-state index in [4.69, 9.17) is 4.11 Å². The number of hydrogen-bond acceptors (Lipinski definition) is 9. The van der Waals surface area contributed by atoms with Crippen molar-refractivity contribution in [3.63, 3.8) is 0 Å². The van der Waals surface area contributed by atoms with Crippen molar-refractivity contribution in [2.75, 3.05) is 29.6 Å². The quantitative estimate of drug-likeness (QED) is 0.477. The number of nitrogens with zero attached hydrogens (tertiary/aromatic N) is 7. The molecular weight excluding hydrogens is 472 g/mol. The van der Waals surface area contributed by atoms with E-state index in [1.807, 2.05) is 30.3 Å². The molecule has 0 radical (unpaired) electrons. The first-order valence-electron chi connectivity index (χ1n) is 13.9. The van der Waals surface area contributed by atoms with Crippen LogP contribution in [0.2, 0.25) is 0 Å². The Balaban J connectivity index is 1.36. The summed E-state index contributed by atoms with van der Waals surface area (Å²) < 4.78 is 22.4. The summed E-state index contributed by atoms with van der Waals surface area (Å²) in [6.07, 6.45) is 6.87. The molecule has 192 valence electrons. The van der Waals surface area contributed by atoms with E-state index in [0.29, 0.717) is 11.5 Å². The van der Waals surface area contributed by atoms with E-state index >= 15 is 0 Å². The number of hydrogen-bond donors (Lipinski definition) is 3. The van der Waals surface area contributed by atoms with Gasteiger partial charge in [0.2, 0.25) is 5.91 Å². The third-order valence-corrected chi connectivity index (χ3v) is 7.98. The maximum Gasteiger partial charge on any atom is 0.273 e. The zero-order valence-corrected chi connectivity index (χ0v) is 20.9. The van der Waals surface area contributed by atoms with E-state index in [1.54, 1.807) is 13.2 Å². The first-order valence-corrected chi connectivity index (χ1v) is 12.4. The molecule has 0 bridgehead atoms. The summed E-state index contributed by atoms with van der Waals surface area (Å²) in [5.74, 6) is -0.585. The van der Waals surface area contributed by atoms with Crippen LogP contribution in [-0.4, -0.2) is 56.0 Å². The molecule has 12 nitrogen and oxygen atoms in total. The highest BCUT2D eigenvalue weighted by Gasteiger charge is 2.58. The topological polar surface area (TPSA) is 143 Å². The van der Waals surface area contributed by atoms with Gasteiger partial charge in [0.1, 0.15) is 11.4 Å². The van der Waals surface area contributed by atoms with Crippen molar-refractivity contribution in [2.45, 2.75) is 45.1 Å². The Morgan fingerprint density at radius 2 is 2.00 bits per heavy atom. The average Bonchev–Trinajstić information content (AvgIpc) is 3.16. The van der Waals surface area contributed by atoms with Crippen LogP contribution < -0.4 is 20.9 Å². The molecule has 6 rings (SSSR count). The maximum atomic E-state index is 13.0. The zero-order valence-electron chi connectivity index (χ0n) is 23.9. The molecule has 0 saturated heterocycles. The normalized spacial score (nSPS) is 22.4. The summed E-state index contributed by atoms with van der Waals surface area (Å²) in [6.45, 7) is -0.730. The Labute approximate surface area is 218 Å². The van der Waals surface area contributed by atoms with Crippen molar-refractivity contribution in [2.24, 2.45) is 18.4 Å². The predicted molar refractivity (Wildman–Crippen MR) is 137 cm³/mol. The average molecular weight is 506 g/mol. The van der Waals surface area contributed by atoms with Crippen LogP contribution in [-0.2, 0) is 11.8 Å². The minimum Gasteiger partial charge on any atom is -0.363 e. The lowest BCUT2D eigenvalue weighted by molar-refractivity contribution is -0.118. The number of anilines is 4. The Hall–Kier alpha value is -4.09. The molecular formula is C25H30N10O2. The second-order valence-electron chi connectivity index (χ2n) is 10.2. The van der Waals surface area contributed by atoms with Gasteiger partial charge in [-0.2, -0.15) is 15.0 Å². The van der Waals surface area contributed by atoms with Gasteiger partial charge < -0.3 is 20.9 Å². The SMILES string of the molecule is [2H]C([2H])([2H])NC(=O)c1nnc(NC(=O)[C@@H]2CC23CCCC3)cc1Nc1nccc2c1N(C)[C@@H](C)c1nn(C)nc1-2. The number of aryl methyl sites for hydroxylation is 1. The zero-order chi connectivity index (χ0) is 28.4. The standard InChI is InChI=1S/C25H30N10O2/c1-13-18-19(33-35(4)32-18)14-7-10-27-22(21(14)34(13)3)28-16-11-17(30-31-20(16)24(37)26-2)29-23(36)15-12-25(15)8-5-6-9-25/h7,10-11,13,15H,5-6,8-9,12H2,1-4H3,(H,26,37)(H2,27,28,29,30,36)/t13-,15-/m0/s1/i2D3. The molecule has 1 aliphatic heterocycles. The van der Waals surface area contributed by atoms with Crippen molar-refractivity contribution in [1.29, 1.82) is 0 Å². The number of rotatable bonds is 5. The summed E-state index contributed by atoms with van der Waals surface area (Å²) >= 11 is 0. The van der Waals surface area contributed by atoms with Crippen LogP contribution in [0.3, 0.4) is 0 Å². The first kappa shape index (κ1) is 20.0. The van der Waals surface area contributed by atoms with Crippen LogP contribution in [0.25, 0.3) is 11.3 Å². The summed E-state index contributed by atoms with van der Waals surface area (Å²) in [4.78, 5) is 34.0. The molecule has 1 spiro atoms. The van der Waals surface area contributed by atoms with Crippen molar-refractivity contribution in [1.82, 2.24) is 35.5 Å². The van der Waals surface area contributed by atoms with E-state index < -0.39 is 12.9 Å². The van der Waals surface area contributed by atoms with Crippen LogP contribution >= 0.6 is 0 Å². The van der Waals surface area contributed by atoms with Crippen LogP contribution in [0.5, 0.6) is 0 Å². The minimum absolute atomic E-state index is 0.0640. The third-order valence-electron chi connectivity index (χ3n) is 7.98. The number of fused-ring (bicyclic) bond motifs is 3. The van der Waals surface area contributed by atoms with Crippen LogP contribution in [0.4, 0.5) is 23.0 Å². The molecule has 3 aliphatic rings. The predicted octanol–water partition coefficient (Wildman–Crippen LogP) is 2.80. The number of nitrogens with one attached hydrogen (secondary N) is 3. The molecule has 37 heavy (non-hydrogen) atoms. The van der Waals surface area contributed by atoms with E-state index in [9.17, 15) is 9.59 Å². The van der Waals surface area contributed by atoms with Gasteiger partial charge in [-0.25, -0.2) is 4.98 Å². The molecule has 2 atom stereocenters. The van der Waals surface area contributed by atoms with Gasteiger partial charge in [-0.3, -0.25) is 9.59 Å². The Morgan fingerprint density at radius 1 is 1.19 bits per heavy atom. The lowest BCUT2D eigenvalue weighted by Crippen LogP contribution is -2.28. The lowest BCUT2D eigenvalue weighted by Gasteiger charge is -2.33. The molecule has 2 fully saturated rings. The maximum absolute atomic E-state index is 13.0. The first-order chi connectivity index (χ1) is 19.0. The van der Waals surface area contributed by atoms with Crippen molar-refractivity contribution >= 4 is 34.8 Å². The van der Waals surface area contributed by atoms with E-state index in [0.717, 1.165) is 49.1 Å². The van der Waals surface area contributed by atoms with Crippen molar-refractivity contribution in [3.05, 3.63) is 29.7 Å². The summed E-state index contributed by atoms with van der Waals surface area (Å²) in [5, 5.41) is 25.0. The molecule has 3 aromatic rings. The number of aromatic nitrogens is 6. The van der Waals surface area contributed by atoms with Gasteiger partial charge in [0.05, 0.1) is 17.4 Å². The monoisotopic (exact) mass is 505 g/mol. The number of carbonyl (C=O) groups excluding carboxylic acids is 2. The van der Waals surface area contributed by atoms with Gasteiger partial charge in [-0.05, 0) is 37.7 Å². The summed E-state index contributed by atoms with van der Waals surface area (Å²) in [6, 6.07) is 3.19. The van der Waals surface area contributed by atoms with Crippen molar-refractivity contribution in [3.8, 4) is 11.3 Å². The molecule has 0 unspecified atom stereocenters. The van der Waals surface area contributed by atoms with Gasteiger partial charge in [0.25, 0.3) is 5.91 Å². The van der Waals surface area contributed by atoms with Gasteiger partial charge in [-0.1, -0.05) is 12.8 Å². The summed E-state index contributed by atoms with van der Waals surface area (Å²) in [7, 11) is 3.66. The molecule has 2 aliphatic carbocycles. The fraction of sp³-hybridized carbons (Fsp3) is 0.480. The number of pyridine rings is 1. The largest absolute Gasteiger partial charge is 0.363 e. The lowest BCUT2D eigenvalue weighted by atomic mass is 9.99. The highest BCUT2D eigenvalue weighted by molar-refractivity contribution is 6.00. The Morgan fingerprint density at radius 3 is 2.78 bits per heavy atom. The molecule has 4 heterocycles. The second kappa shape index (κ2) is 8.49. The summed E-state index contributed by atoms with van der Waals surface area (Å²) in [5.41, 5.74) is 3.05. The third kappa shape index (κ3) is 3.78. The van der Waals surface area contributed by atoms with Crippen LogP contribution in [0.1, 0.15) is 65.4 Å². The van der Waals surface area contributed by atoms with E-state index in [2.05, 4.69) is 36.0 Å². The fourth-order valence-electron chi connectivity index (χ4n) is 5.83. The van der Waals surface area contributed by atoms with Gasteiger partial charge in [0, 0.05) is 48.9 Å². The smallest absolute Gasteiger partial charge is 0.273 e. The van der Waals surface area contributed by atoms with Crippen molar-refractivity contribution < 1.29 is 13.7 Å². The molecule has 2 amide bonds. The minimum atomic E-state index is -2.73. The van der Waals surface area contributed by atoms with Gasteiger partial charge in [0.15, 0.2) is 17.3 Å². The van der Waals surface area contributed by atoms with Crippen LogP contribution in [0, 0.1) is 11.3 Å². The molecule has 12 heteroatoms. The number of carbonyl (C=O) groups is 2. The van der Waals surface area contributed by atoms with E-state index in [1.165, 1.54) is 10.9 Å². The second-order valence-corrected chi connectivity index (χ2v) is 10.2. The highest BCUT2D eigenvalue weighted by atomic mass is 16.2. The number of amides is 2. The molecule has 3 N–H and O–H groups in total. The molecule has 0 aromatic carbocycles. The van der Waals surface area contributed by atoms with Gasteiger partial charge >= 0.3 is 0 Å². The Bertz CT molecular complexity index is 1510. The Kier molecular flexibility index (Phi) is 4.60. The fourth-order valence-corrected chi connectivity index (χ4v) is 5.83. The highest BCUT2D eigenvalue weighted by Crippen LogP contribution is 2.63. The van der Waals surface area contributed by atoms with Crippen LogP contribution in [0.15, 0.2) is 18.3 Å². The molecule has 3 aromatic heterocycles. The van der Waals surface area contributed by atoms with Gasteiger partial charge in [-0.15, -0.1) is 10.2 Å². The molecule has 2 saturated carbocycles.